The highest BCUT2D eigenvalue weighted by Gasteiger charge is 2.10. The molecule has 0 amide bonds. The number of benzene rings is 1. The number of aromatic nitrogens is 2. The van der Waals surface area contributed by atoms with Crippen molar-refractivity contribution in [3.8, 4) is 11.1 Å². The second-order valence-corrected chi connectivity index (χ2v) is 7.20. The number of pyridine rings is 1. The van der Waals surface area contributed by atoms with Gasteiger partial charge in [0.05, 0.1) is 5.75 Å². The van der Waals surface area contributed by atoms with E-state index in [1.807, 2.05) is 25.1 Å². The predicted molar refractivity (Wildman–Crippen MR) is 92.7 cm³/mol. The number of hydrogen-bond donors (Lipinski definition) is 3. The van der Waals surface area contributed by atoms with Crippen molar-refractivity contribution in [1.29, 1.82) is 0 Å². The minimum atomic E-state index is -3.38. The van der Waals surface area contributed by atoms with E-state index in [1.54, 1.807) is 18.3 Å². The van der Waals surface area contributed by atoms with Crippen molar-refractivity contribution >= 4 is 26.7 Å². The number of nitrogens with zero attached hydrogens (tertiary/aromatic N) is 1. The molecule has 3 aromatic rings. The quantitative estimate of drug-likeness (QED) is 0.668. The summed E-state index contributed by atoms with van der Waals surface area (Å²) in [6, 6.07) is 11.3. The molecule has 0 radical (unpaired) electrons. The summed E-state index contributed by atoms with van der Waals surface area (Å²) in [6.45, 7) is 2.08. The average molecular weight is 330 g/mol. The standard InChI is InChI=1S/C16H18N4O2S/c1-11-10-15-14(6-8-18-16(15)19-11)12-2-4-13(5-3-12)20-23(21,22)9-7-17/h2-6,8,10,20H,7,9,17H2,1H3,(H,18,19). The van der Waals surface area contributed by atoms with Gasteiger partial charge in [-0.05, 0) is 42.3 Å². The van der Waals surface area contributed by atoms with Gasteiger partial charge in [0.15, 0.2) is 0 Å². The maximum absolute atomic E-state index is 11.7. The second-order valence-electron chi connectivity index (χ2n) is 5.36. The van der Waals surface area contributed by atoms with Gasteiger partial charge in [0.1, 0.15) is 5.65 Å². The zero-order valence-corrected chi connectivity index (χ0v) is 13.5. The molecule has 120 valence electrons. The van der Waals surface area contributed by atoms with Gasteiger partial charge in [-0.25, -0.2) is 13.4 Å². The van der Waals surface area contributed by atoms with Crippen molar-refractivity contribution in [1.82, 2.24) is 9.97 Å². The highest BCUT2D eigenvalue weighted by atomic mass is 32.2. The van der Waals surface area contributed by atoms with E-state index < -0.39 is 10.0 Å². The molecule has 7 heteroatoms. The van der Waals surface area contributed by atoms with E-state index in [1.165, 1.54) is 0 Å². The van der Waals surface area contributed by atoms with Crippen LogP contribution in [0.2, 0.25) is 0 Å². The Labute approximate surface area is 134 Å². The zero-order valence-electron chi connectivity index (χ0n) is 12.7. The number of aryl methyl sites for hydroxylation is 1. The number of H-pyrrole nitrogens is 1. The van der Waals surface area contributed by atoms with Crippen LogP contribution in [-0.2, 0) is 10.0 Å². The minimum Gasteiger partial charge on any atom is -0.344 e. The summed E-state index contributed by atoms with van der Waals surface area (Å²) < 4.78 is 26.0. The lowest BCUT2D eigenvalue weighted by atomic mass is 10.0. The molecular weight excluding hydrogens is 312 g/mol. The van der Waals surface area contributed by atoms with Crippen molar-refractivity contribution in [3.05, 3.63) is 48.3 Å². The molecule has 2 heterocycles. The van der Waals surface area contributed by atoms with Gasteiger partial charge in [-0.2, -0.15) is 0 Å². The fourth-order valence-electron chi connectivity index (χ4n) is 2.51. The molecule has 0 unspecified atom stereocenters. The lowest BCUT2D eigenvalue weighted by Gasteiger charge is -2.08. The van der Waals surface area contributed by atoms with Crippen LogP contribution in [0.15, 0.2) is 42.6 Å². The number of anilines is 1. The summed E-state index contributed by atoms with van der Waals surface area (Å²) in [6.07, 6.45) is 1.76. The lowest BCUT2D eigenvalue weighted by molar-refractivity contribution is 0.601. The number of rotatable bonds is 5. The van der Waals surface area contributed by atoms with Crippen molar-refractivity contribution in [2.45, 2.75) is 6.92 Å². The molecule has 0 aliphatic heterocycles. The topological polar surface area (TPSA) is 101 Å². The third-order valence-corrected chi connectivity index (χ3v) is 4.84. The summed E-state index contributed by atoms with van der Waals surface area (Å²) in [4.78, 5) is 7.53. The largest absolute Gasteiger partial charge is 0.344 e. The number of hydrogen-bond acceptors (Lipinski definition) is 4. The monoisotopic (exact) mass is 330 g/mol. The van der Waals surface area contributed by atoms with Gasteiger partial charge >= 0.3 is 0 Å². The number of nitrogens with one attached hydrogen (secondary N) is 2. The SMILES string of the molecule is Cc1cc2c(-c3ccc(NS(=O)(=O)CCN)cc3)ccnc2[nH]1. The number of nitrogens with two attached hydrogens (primary N) is 1. The third kappa shape index (κ3) is 3.35. The molecule has 23 heavy (non-hydrogen) atoms. The molecule has 0 saturated heterocycles. The van der Waals surface area contributed by atoms with E-state index in [0.717, 1.165) is 27.9 Å². The van der Waals surface area contributed by atoms with Gasteiger partial charge in [-0.15, -0.1) is 0 Å². The first kappa shape index (κ1) is 15.5. The smallest absolute Gasteiger partial charge is 0.233 e. The van der Waals surface area contributed by atoms with Gasteiger partial charge in [0.25, 0.3) is 0 Å². The Kier molecular flexibility index (Phi) is 4.06. The molecule has 0 aliphatic carbocycles. The molecule has 6 nitrogen and oxygen atoms in total. The molecule has 0 spiro atoms. The molecule has 0 atom stereocenters. The molecular formula is C16H18N4O2S. The van der Waals surface area contributed by atoms with E-state index in [2.05, 4.69) is 20.8 Å². The molecule has 0 saturated carbocycles. The summed E-state index contributed by atoms with van der Waals surface area (Å²) in [5.41, 5.74) is 9.76. The van der Waals surface area contributed by atoms with Crippen LogP contribution in [0.3, 0.4) is 0 Å². The number of sulfonamides is 1. The van der Waals surface area contributed by atoms with Crippen LogP contribution >= 0.6 is 0 Å². The molecule has 2 aromatic heterocycles. The van der Waals surface area contributed by atoms with Gasteiger partial charge in [0.2, 0.25) is 10.0 Å². The Bertz CT molecular complexity index is 930. The normalized spacial score (nSPS) is 11.7. The van der Waals surface area contributed by atoms with Gasteiger partial charge in [-0.3, -0.25) is 4.72 Å². The van der Waals surface area contributed by atoms with Gasteiger partial charge < -0.3 is 10.7 Å². The average Bonchev–Trinajstić information content (AvgIpc) is 2.87. The minimum absolute atomic E-state index is 0.0925. The summed E-state index contributed by atoms with van der Waals surface area (Å²) in [5.74, 6) is -0.0949. The first-order valence-corrected chi connectivity index (χ1v) is 8.89. The molecule has 0 bridgehead atoms. The van der Waals surface area contributed by atoms with Crippen LogP contribution in [0, 0.1) is 6.92 Å². The van der Waals surface area contributed by atoms with Crippen molar-refractivity contribution in [3.63, 3.8) is 0 Å². The van der Waals surface area contributed by atoms with Gasteiger partial charge in [-0.1, -0.05) is 12.1 Å². The third-order valence-electron chi connectivity index (χ3n) is 3.52. The Morgan fingerprint density at radius 1 is 1.22 bits per heavy atom. The van der Waals surface area contributed by atoms with E-state index in [0.29, 0.717) is 5.69 Å². The molecule has 3 rings (SSSR count). The Balaban J connectivity index is 1.92. The van der Waals surface area contributed by atoms with E-state index >= 15 is 0 Å². The number of aromatic amines is 1. The van der Waals surface area contributed by atoms with Crippen LogP contribution in [0.4, 0.5) is 5.69 Å². The Morgan fingerprint density at radius 2 is 1.96 bits per heavy atom. The molecule has 4 N–H and O–H groups in total. The van der Waals surface area contributed by atoms with Crippen LogP contribution in [0.1, 0.15) is 5.69 Å². The first-order valence-electron chi connectivity index (χ1n) is 7.24. The molecule has 1 aromatic carbocycles. The predicted octanol–water partition coefficient (Wildman–Crippen LogP) is 2.24. The maximum atomic E-state index is 11.7. The van der Waals surface area contributed by atoms with Crippen molar-refractivity contribution in [2.24, 2.45) is 5.73 Å². The van der Waals surface area contributed by atoms with Crippen LogP contribution in [0.25, 0.3) is 22.2 Å². The van der Waals surface area contributed by atoms with E-state index in [-0.39, 0.29) is 12.3 Å². The molecule has 0 aliphatic rings. The van der Waals surface area contributed by atoms with Crippen LogP contribution < -0.4 is 10.5 Å². The fraction of sp³-hybridized carbons (Fsp3) is 0.188. The van der Waals surface area contributed by atoms with Crippen molar-refractivity contribution < 1.29 is 8.42 Å². The van der Waals surface area contributed by atoms with Crippen molar-refractivity contribution in [2.75, 3.05) is 17.0 Å². The lowest BCUT2D eigenvalue weighted by Crippen LogP contribution is -2.22. The fourth-order valence-corrected chi connectivity index (χ4v) is 3.42. The highest BCUT2D eigenvalue weighted by molar-refractivity contribution is 7.92. The first-order chi connectivity index (χ1) is 11.0. The van der Waals surface area contributed by atoms with Crippen LogP contribution in [0.5, 0.6) is 0 Å². The second kappa shape index (κ2) is 6.02. The maximum Gasteiger partial charge on any atom is 0.233 e. The van der Waals surface area contributed by atoms with E-state index in [9.17, 15) is 8.42 Å². The highest BCUT2D eigenvalue weighted by Crippen LogP contribution is 2.28. The Morgan fingerprint density at radius 3 is 2.65 bits per heavy atom. The van der Waals surface area contributed by atoms with Gasteiger partial charge in [0, 0.05) is 29.5 Å². The zero-order chi connectivity index (χ0) is 16.4. The summed E-state index contributed by atoms with van der Waals surface area (Å²) >= 11 is 0. The Hall–Kier alpha value is -2.38. The summed E-state index contributed by atoms with van der Waals surface area (Å²) in [7, 11) is -3.38. The summed E-state index contributed by atoms with van der Waals surface area (Å²) in [5, 5.41) is 1.04. The number of fused-ring (bicyclic) bond motifs is 1. The molecule has 0 fully saturated rings. The van der Waals surface area contributed by atoms with Crippen LogP contribution in [-0.4, -0.2) is 30.7 Å². The van der Waals surface area contributed by atoms with E-state index in [4.69, 9.17) is 5.73 Å².